The van der Waals surface area contributed by atoms with Gasteiger partial charge in [0.2, 0.25) is 0 Å². The Bertz CT molecular complexity index is 643. The van der Waals surface area contributed by atoms with Gasteiger partial charge in [-0.25, -0.2) is 18.5 Å². The molecule has 2 N–H and O–H groups in total. The average molecular weight is 239 g/mol. The number of aryl methyl sites for hydroxylation is 2. The minimum Gasteiger partial charge on any atom is -0.302 e. The van der Waals surface area contributed by atoms with E-state index >= 15 is 0 Å². The van der Waals surface area contributed by atoms with Crippen molar-refractivity contribution in [2.45, 2.75) is 25.3 Å². The first-order valence-corrected chi connectivity index (χ1v) is 6.49. The van der Waals surface area contributed by atoms with E-state index in [0.29, 0.717) is 17.8 Å². The van der Waals surface area contributed by atoms with Gasteiger partial charge in [0.1, 0.15) is 5.82 Å². The van der Waals surface area contributed by atoms with Gasteiger partial charge in [-0.3, -0.25) is 0 Å². The molecule has 5 nitrogen and oxygen atoms in total. The number of nitrogens with zero attached hydrogens (tertiary/aromatic N) is 2. The van der Waals surface area contributed by atoms with E-state index in [-0.39, 0.29) is 5.03 Å². The molecule has 6 heteroatoms. The molecule has 2 rings (SSSR count). The molecule has 16 heavy (non-hydrogen) atoms. The van der Waals surface area contributed by atoms with Crippen molar-refractivity contribution in [1.82, 2.24) is 9.38 Å². The molecule has 86 valence electrons. The maximum atomic E-state index is 11.4. The summed E-state index contributed by atoms with van der Waals surface area (Å²) in [5.74, 6) is 0.697. The van der Waals surface area contributed by atoms with Crippen LogP contribution in [0.3, 0.4) is 0 Å². The summed E-state index contributed by atoms with van der Waals surface area (Å²) in [6.07, 6.45) is 2.45. The van der Waals surface area contributed by atoms with Crippen LogP contribution in [0.15, 0.2) is 23.4 Å². The lowest BCUT2D eigenvalue weighted by Crippen LogP contribution is -2.13. The molecule has 0 aliphatic heterocycles. The number of rotatable bonds is 2. The molecule has 2 aromatic rings. The Morgan fingerprint density at radius 1 is 1.50 bits per heavy atom. The SMILES string of the molecule is CCc1nc(S(N)(=O)=O)c2c(C)cccn12. The van der Waals surface area contributed by atoms with Crippen molar-refractivity contribution in [3.05, 3.63) is 29.7 Å². The maximum Gasteiger partial charge on any atom is 0.257 e. The lowest BCUT2D eigenvalue weighted by atomic mass is 10.2. The molecule has 0 bridgehead atoms. The van der Waals surface area contributed by atoms with E-state index in [1.165, 1.54) is 0 Å². The van der Waals surface area contributed by atoms with Gasteiger partial charge in [-0.1, -0.05) is 13.0 Å². The fourth-order valence-corrected chi connectivity index (χ4v) is 2.54. The molecule has 0 fully saturated rings. The monoisotopic (exact) mass is 239 g/mol. The third kappa shape index (κ3) is 1.60. The van der Waals surface area contributed by atoms with Crippen LogP contribution in [0.5, 0.6) is 0 Å². The van der Waals surface area contributed by atoms with Gasteiger partial charge in [0.15, 0.2) is 5.03 Å². The first kappa shape index (κ1) is 11.1. The van der Waals surface area contributed by atoms with Gasteiger partial charge in [-0.2, -0.15) is 0 Å². The summed E-state index contributed by atoms with van der Waals surface area (Å²) >= 11 is 0. The van der Waals surface area contributed by atoms with E-state index in [9.17, 15) is 8.42 Å². The molecular formula is C10H13N3O2S. The van der Waals surface area contributed by atoms with Crippen molar-refractivity contribution in [2.24, 2.45) is 5.14 Å². The van der Waals surface area contributed by atoms with Crippen molar-refractivity contribution in [1.29, 1.82) is 0 Å². The van der Waals surface area contributed by atoms with Crippen LogP contribution in [-0.2, 0) is 16.4 Å². The Kier molecular flexibility index (Phi) is 2.47. The van der Waals surface area contributed by atoms with Gasteiger partial charge in [-0.15, -0.1) is 0 Å². The maximum absolute atomic E-state index is 11.4. The average Bonchev–Trinajstić information content (AvgIpc) is 2.57. The van der Waals surface area contributed by atoms with Crippen molar-refractivity contribution in [3.8, 4) is 0 Å². The fourth-order valence-electron chi connectivity index (χ4n) is 1.78. The van der Waals surface area contributed by atoms with Crippen molar-refractivity contribution >= 4 is 15.5 Å². The van der Waals surface area contributed by atoms with E-state index in [0.717, 1.165) is 5.56 Å². The fraction of sp³-hybridized carbons (Fsp3) is 0.300. The van der Waals surface area contributed by atoms with Crippen LogP contribution in [-0.4, -0.2) is 17.8 Å². The van der Waals surface area contributed by atoms with Crippen LogP contribution in [0.1, 0.15) is 18.3 Å². The number of nitrogens with two attached hydrogens (primary N) is 1. The van der Waals surface area contributed by atoms with Crippen molar-refractivity contribution < 1.29 is 8.42 Å². The predicted octanol–water partition coefficient (Wildman–Crippen LogP) is 0.853. The molecule has 0 unspecified atom stereocenters. The summed E-state index contributed by atoms with van der Waals surface area (Å²) in [4.78, 5) is 4.09. The van der Waals surface area contributed by atoms with Gasteiger partial charge in [0.05, 0.1) is 5.52 Å². The number of pyridine rings is 1. The summed E-state index contributed by atoms with van der Waals surface area (Å²) in [6, 6.07) is 3.70. The second kappa shape index (κ2) is 3.57. The van der Waals surface area contributed by atoms with Crippen LogP contribution in [0.2, 0.25) is 0 Å². The highest BCUT2D eigenvalue weighted by Gasteiger charge is 2.20. The summed E-state index contributed by atoms with van der Waals surface area (Å²) in [5.41, 5.74) is 1.42. The summed E-state index contributed by atoms with van der Waals surface area (Å²) in [7, 11) is -3.77. The summed E-state index contributed by atoms with van der Waals surface area (Å²) < 4.78 is 24.6. The van der Waals surface area contributed by atoms with E-state index in [2.05, 4.69) is 4.98 Å². The van der Waals surface area contributed by atoms with E-state index in [1.54, 1.807) is 10.6 Å². The Labute approximate surface area is 94.0 Å². The van der Waals surface area contributed by atoms with Gasteiger partial charge in [0.25, 0.3) is 10.0 Å². The molecule has 0 spiro atoms. The first-order chi connectivity index (χ1) is 7.45. The van der Waals surface area contributed by atoms with Crippen LogP contribution in [0, 0.1) is 6.92 Å². The molecular weight excluding hydrogens is 226 g/mol. The van der Waals surface area contributed by atoms with E-state index in [4.69, 9.17) is 5.14 Å². The smallest absolute Gasteiger partial charge is 0.257 e. The second-order valence-electron chi connectivity index (χ2n) is 3.64. The molecule has 2 aromatic heterocycles. The third-order valence-corrected chi connectivity index (χ3v) is 3.32. The highest BCUT2D eigenvalue weighted by Crippen LogP contribution is 2.20. The number of aromatic nitrogens is 2. The predicted molar refractivity (Wildman–Crippen MR) is 60.7 cm³/mol. The lowest BCUT2D eigenvalue weighted by Gasteiger charge is -2.00. The zero-order valence-corrected chi connectivity index (χ0v) is 9.95. The van der Waals surface area contributed by atoms with Crippen LogP contribution >= 0.6 is 0 Å². The molecule has 0 saturated carbocycles. The Hall–Kier alpha value is -1.40. The van der Waals surface area contributed by atoms with Crippen molar-refractivity contribution in [2.75, 3.05) is 0 Å². The zero-order chi connectivity index (χ0) is 11.9. The Balaban J connectivity index is 2.96. The molecule has 0 atom stereocenters. The topological polar surface area (TPSA) is 77.5 Å². The number of hydrogen-bond donors (Lipinski definition) is 1. The van der Waals surface area contributed by atoms with Crippen LogP contribution in [0.4, 0.5) is 0 Å². The molecule has 0 aromatic carbocycles. The second-order valence-corrected chi connectivity index (χ2v) is 5.12. The number of hydrogen-bond acceptors (Lipinski definition) is 3. The first-order valence-electron chi connectivity index (χ1n) is 4.94. The van der Waals surface area contributed by atoms with Gasteiger partial charge in [0, 0.05) is 12.6 Å². The Morgan fingerprint density at radius 2 is 2.19 bits per heavy atom. The van der Waals surface area contributed by atoms with E-state index in [1.807, 2.05) is 26.0 Å². The van der Waals surface area contributed by atoms with Crippen molar-refractivity contribution in [3.63, 3.8) is 0 Å². The number of fused-ring (bicyclic) bond motifs is 1. The highest BCUT2D eigenvalue weighted by molar-refractivity contribution is 7.89. The van der Waals surface area contributed by atoms with Gasteiger partial charge >= 0.3 is 0 Å². The molecule has 0 amide bonds. The quantitative estimate of drug-likeness (QED) is 0.844. The number of primary sulfonamides is 1. The van der Waals surface area contributed by atoms with Gasteiger partial charge in [-0.05, 0) is 18.6 Å². The largest absolute Gasteiger partial charge is 0.302 e. The summed E-state index contributed by atoms with van der Waals surface area (Å²) in [5, 5.41) is 5.12. The highest BCUT2D eigenvalue weighted by atomic mass is 32.2. The Morgan fingerprint density at radius 3 is 2.75 bits per heavy atom. The molecule has 0 radical (unpaired) electrons. The minimum absolute atomic E-state index is 0.0394. The summed E-state index contributed by atoms with van der Waals surface area (Å²) in [6.45, 7) is 3.76. The molecule has 0 aliphatic rings. The van der Waals surface area contributed by atoms with Crippen LogP contribution < -0.4 is 5.14 Å². The molecule has 2 heterocycles. The third-order valence-electron chi connectivity index (χ3n) is 2.49. The minimum atomic E-state index is -3.77. The zero-order valence-electron chi connectivity index (χ0n) is 9.14. The number of imidazole rings is 1. The molecule has 0 aliphatic carbocycles. The number of sulfonamides is 1. The van der Waals surface area contributed by atoms with Gasteiger partial charge < -0.3 is 4.40 Å². The lowest BCUT2D eigenvalue weighted by molar-refractivity contribution is 0.595. The van der Waals surface area contributed by atoms with E-state index < -0.39 is 10.0 Å². The normalized spacial score (nSPS) is 12.2. The van der Waals surface area contributed by atoms with Crippen LogP contribution in [0.25, 0.3) is 5.52 Å². The molecule has 0 saturated heterocycles. The standard InChI is InChI=1S/C10H13N3O2S/c1-3-8-12-10(16(11,14)15)9-7(2)5-4-6-13(8)9/h4-6H,3H2,1-2H3,(H2,11,14,15).